The van der Waals surface area contributed by atoms with E-state index in [9.17, 15) is 4.79 Å². The van der Waals surface area contributed by atoms with Gasteiger partial charge in [-0.05, 0) is 19.3 Å². The normalized spacial score (nSPS) is 11.2. The van der Waals surface area contributed by atoms with E-state index in [1.54, 1.807) is 6.92 Å². The van der Waals surface area contributed by atoms with Gasteiger partial charge in [-0.3, -0.25) is 0 Å². The van der Waals surface area contributed by atoms with Gasteiger partial charge in [0.25, 0.3) is 0 Å². The van der Waals surface area contributed by atoms with Crippen LogP contribution in [0.3, 0.4) is 0 Å². The predicted octanol–water partition coefficient (Wildman–Crippen LogP) is 6.69. The van der Waals surface area contributed by atoms with Crippen LogP contribution in [0.4, 0.5) is 0 Å². The predicted molar refractivity (Wildman–Crippen MR) is 90.2 cm³/mol. The Morgan fingerprint density at radius 2 is 1.00 bits per heavy atom. The molecule has 1 heteroatoms. The van der Waals surface area contributed by atoms with Crippen molar-refractivity contribution in [3.8, 4) is 0 Å². The summed E-state index contributed by atoms with van der Waals surface area (Å²) >= 11 is 0. The molecule has 0 saturated heterocycles. The number of Topliss-reactive ketones (excluding diaryl/α,β-unsaturated/α-hetero) is 1. The minimum atomic E-state index is 0.346. The molecule has 0 amide bonds. The van der Waals surface area contributed by atoms with Gasteiger partial charge in [-0.15, -0.1) is 0 Å². The molecule has 0 aliphatic carbocycles. The summed E-state index contributed by atoms with van der Waals surface area (Å²) in [5.74, 6) is 1.23. The molecule has 0 fully saturated rings. The minimum Gasteiger partial charge on any atom is -0.300 e. The molecular formula is C19H38O. The van der Waals surface area contributed by atoms with Crippen LogP contribution in [0, 0.1) is 5.92 Å². The Kier molecular flexibility index (Phi) is 14.8. The summed E-state index contributed by atoms with van der Waals surface area (Å²) in [6.45, 7) is 6.34. The van der Waals surface area contributed by atoms with E-state index in [1.807, 2.05) is 0 Å². The third kappa shape index (κ3) is 17.7. The van der Waals surface area contributed by atoms with Gasteiger partial charge in [-0.25, -0.2) is 0 Å². The van der Waals surface area contributed by atoms with Gasteiger partial charge in [0.05, 0.1) is 0 Å². The number of unbranched alkanes of at least 4 members (excludes halogenated alkanes) is 11. The lowest BCUT2D eigenvalue weighted by atomic mass is 10.0. The number of ketones is 1. The molecule has 0 aromatic rings. The number of hydrogen-bond donors (Lipinski definition) is 0. The van der Waals surface area contributed by atoms with Gasteiger partial charge in [0.1, 0.15) is 5.78 Å². The van der Waals surface area contributed by atoms with Crippen LogP contribution < -0.4 is 0 Å². The van der Waals surface area contributed by atoms with Gasteiger partial charge in [0.2, 0.25) is 0 Å². The van der Waals surface area contributed by atoms with Crippen molar-refractivity contribution >= 4 is 5.78 Å². The zero-order chi connectivity index (χ0) is 15.1. The van der Waals surface area contributed by atoms with E-state index in [4.69, 9.17) is 0 Å². The first kappa shape index (κ1) is 19.7. The second kappa shape index (κ2) is 15.1. The van der Waals surface area contributed by atoms with Gasteiger partial charge in [0.15, 0.2) is 0 Å². The number of carbonyl (C=O) groups excluding carboxylic acids is 1. The average molecular weight is 283 g/mol. The Balaban J connectivity index is 2.97. The summed E-state index contributed by atoms with van der Waals surface area (Å²) in [7, 11) is 0. The maximum atomic E-state index is 10.8. The summed E-state index contributed by atoms with van der Waals surface area (Å²) in [6, 6.07) is 0. The Bertz CT molecular complexity index is 208. The minimum absolute atomic E-state index is 0.346. The smallest absolute Gasteiger partial charge is 0.129 e. The first-order valence-corrected chi connectivity index (χ1v) is 9.12. The van der Waals surface area contributed by atoms with Crippen LogP contribution in [0.1, 0.15) is 111 Å². The van der Waals surface area contributed by atoms with Crippen LogP contribution in [0.15, 0.2) is 0 Å². The highest BCUT2D eigenvalue weighted by atomic mass is 16.1. The molecule has 0 aliphatic heterocycles. The third-order valence-electron chi connectivity index (χ3n) is 4.06. The standard InChI is InChI=1S/C19H38O/c1-18(2)16-14-12-10-8-6-4-5-7-9-11-13-15-17-19(3)20/h18H,4-17H2,1-3H3. The molecule has 0 heterocycles. The number of hydrogen-bond acceptors (Lipinski definition) is 1. The molecule has 0 rings (SSSR count). The molecule has 0 atom stereocenters. The fourth-order valence-corrected chi connectivity index (χ4v) is 2.69. The van der Waals surface area contributed by atoms with Crippen molar-refractivity contribution in [2.24, 2.45) is 5.92 Å². The molecule has 1 nitrogen and oxygen atoms in total. The Morgan fingerprint density at radius 1 is 0.650 bits per heavy atom. The molecule has 0 N–H and O–H groups in total. The fourth-order valence-electron chi connectivity index (χ4n) is 2.69. The van der Waals surface area contributed by atoms with E-state index >= 15 is 0 Å². The largest absolute Gasteiger partial charge is 0.300 e. The molecule has 0 aliphatic rings. The molecule has 0 unspecified atom stereocenters. The van der Waals surface area contributed by atoms with E-state index in [0.29, 0.717) is 5.78 Å². The number of carbonyl (C=O) groups is 1. The quantitative estimate of drug-likeness (QED) is 0.306. The molecule has 0 spiro atoms. The Morgan fingerprint density at radius 3 is 1.35 bits per heavy atom. The van der Waals surface area contributed by atoms with Crippen molar-refractivity contribution < 1.29 is 4.79 Å². The molecule has 0 aromatic carbocycles. The Labute approximate surface area is 127 Å². The van der Waals surface area contributed by atoms with Crippen molar-refractivity contribution in [2.45, 2.75) is 111 Å². The van der Waals surface area contributed by atoms with Crippen LogP contribution >= 0.6 is 0 Å². The summed E-state index contributed by atoms with van der Waals surface area (Å²) in [5, 5.41) is 0. The van der Waals surface area contributed by atoms with Crippen LogP contribution in [0.5, 0.6) is 0 Å². The van der Waals surface area contributed by atoms with Crippen LogP contribution in [-0.2, 0) is 4.79 Å². The van der Waals surface area contributed by atoms with E-state index in [1.165, 1.54) is 77.0 Å². The summed E-state index contributed by atoms with van der Waals surface area (Å²) in [6.07, 6.45) is 18.7. The van der Waals surface area contributed by atoms with Gasteiger partial charge >= 0.3 is 0 Å². The van der Waals surface area contributed by atoms with Crippen LogP contribution in [0.2, 0.25) is 0 Å². The molecule has 120 valence electrons. The monoisotopic (exact) mass is 282 g/mol. The van der Waals surface area contributed by atoms with Gasteiger partial charge in [-0.1, -0.05) is 90.9 Å². The van der Waals surface area contributed by atoms with Crippen molar-refractivity contribution in [3.63, 3.8) is 0 Å². The SMILES string of the molecule is CC(=O)CCCCCCCCCCCCCCC(C)C. The van der Waals surface area contributed by atoms with Gasteiger partial charge in [0, 0.05) is 6.42 Å². The van der Waals surface area contributed by atoms with E-state index < -0.39 is 0 Å². The molecule has 0 radical (unpaired) electrons. The van der Waals surface area contributed by atoms with Crippen molar-refractivity contribution in [3.05, 3.63) is 0 Å². The molecular weight excluding hydrogens is 244 g/mol. The molecule has 0 saturated carbocycles. The summed E-state index contributed by atoms with van der Waals surface area (Å²) < 4.78 is 0. The second-order valence-corrected chi connectivity index (χ2v) is 6.88. The fraction of sp³-hybridized carbons (Fsp3) is 0.947. The average Bonchev–Trinajstić information content (AvgIpc) is 2.38. The van der Waals surface area contributed by atoms with E-state index in [0.717, 1.165) is 18.8 Å². The van der Waals surface area contributed by atoms with E-state index in [2.05, 4.69) is 13.8 Å². The first-order valence-electron chi connectivity index (χ1n) is 9.12. The molecule has 0 bridgehead atoms. The maximum Gasteiger partial charge on any atom is 0.129 e. The lowest BCUT2D eigenvalue weighted by Crippen LogP contribution is -1.89. The van der Waals surface area contributed by atoms with Crippen molar-refractivity contribution in [1.82, 2.24) is 0 Å². The third-order valence-corrected chi connectivity index (χ3v) is 4.06. The highest BCUT2D eigenvalue weighted by Gasteiger charge is 1.96. The first-order chi connectivity index (χ1) is 9.63. The topological polar surface area (TPSA) is 17.1 Å². The zero-order valence-corrected chi connectivity index (χ0v) is 14.4. The lowest BCUT2D eigenvalue weighted by Gasteiger charge is -2.04. The van der Waals surface area contributed by atoms with Gasteiger partial charge < -0.3 is 4.79 Å². The molecule has 20 heavy (non-hydrogen) atoms. The van der Waals surface area contributed by atoms with E-state index in [-0.39, 0.29) is 0 Å². The summed E-state index contributed by atoms with van der Waals surface area (Å²) in [5.41, 5.74) is 0. The van der Waals surface area contributed by atoms with Crippen molar-refractivity contribution in [2.75, 3.05) is 0 Å². The zero-order valence-electron chi connectivity index (χ0n) is 14.4. The number of rotatable bonds is 15. The van der Waals surface area contributed by atoms with Crippen LogP contribution in [0.25, 0.3) is 0 Å². The Hall–Kier alpha value is -0.330. The highest BCUT2D eigenvalue weighted by molar-refractivity contribution is 5.75. The van der Waals surface area contributed by atoms with Gasteiger partial charge in [-0.2, -0.15) is 0 Å². The highest BCUT2D eigenvalue weighted by Crippen LogP contribution is 2.14. The van der Waals surface area contributed by atoms with Crippen molar-refractivity contribution in [1.29, 1.82) is 0 Å². The summed E-state index contributed by atoms with van der Waals surface area (Å²) in [4.78, 5) is 10.8. The molecule has 0 aromatic heterocycles. The van der Waals surface area contributed by atoms with Crippen LogP contribution in [-0.4, -0.2) is 5.78 Å². The maximum absolute atomic E-state index is 10.8. The second-order valence-electron chi connectivity index (χ2n) is 6.88. The lowest BCUT2D eigenvalue weighted by molar-refractivity contribution is -0.117.